The summed E-state index contributed by atoms with van der Waals surface area (Å²) < 4.78 is 7.29. The first kappa shape index (κ1) is 20.6. The monoisotopic (exact) mass is 424 g/mol. The Morgan fingerprint density at radius 3 is 2.60 bits per heavy atom. The predicted octanol–water partition coefficient (Wildman–Crippen LogP) is 3.69. The maximum Gasteiger partial charge on any atom is 0.240 e. The first-order valence-corrected chi connectivity index (χ1v) is 11.7. The molecule has 0 unspecified atom stereocenters. The van der Waals surface area contributed by atoms with Gasteiger partial charge in [0, 0.05) is 24.8 Å². The number of nitrogens with one attached hydrogen (secondary N) is 1. The van der Waals surface area contributed by atoms with Crippen LogP contribution >= 0.6 is 11.8 Å². The zero-order valence-electron chi connectivity index (χ0n) is 17.5. The van der Waals surface area contributed by atoms with Crippen LogP contribution < -0.4 is 15.0 Å². The lowest BCUT2D eigenvalue weighted by Gasteiger charge is -2.34. The van der Waals surface area contributed by atoms with Crippen molar-refractivity contribution >= 4 is 34.4 Å². The summed E-state index contributed by atoms with van der Waals surface area (Å²) in [6, 6.07) is 16.4. The highest BCUT2D eigenvalue weighted by Crippen LogP contribution is 2.23. The average Bonchev–Trinajstić information content (AvgIpc) is 3.12. The molecule has 1 N–H and O–H groups in total. The molecular weight excluding hydrogens is 396 g/mol. The number of rotatable bonds is 7. The first-order valence-electron chi connectivity index (χ1n) is 10.3. The fraction of sp³-hybridized carbons (Fsp3) is 0.391. The van der Waals surface area contributed by atoms with E-state index in [0.29, 0.717) is 6.54 Å². The smallest absolute Gasteiger partial charge is 0.240 e. The number of benzene rings is 2. The average molecular weight is 425 g/mol. The van der Waals surface area contributed by atoms with Crippen LogP contribution in [0.5, 0.6) is 5.75 Å². The highest BCUT2D eigenvalue weighted by Gasteiger charge is 2.22. The molecule has 7 heteroatoms. The molecule has 1 fully saturated rings. The summed E-state index contributed by atoms with van der Waals surface area (Å²) in [5.41, 5.74) is 3.17. The van der Waals surface area contributed by atoms with Crippen molar-refractivity contribution in [3.05, 3.63) is 54.4 Å². The number of piperidine rings is 1. The van der Waals surface area contributed by atoms with Gasteiger partial charge in [-0.1, -0.05) is 12.1 Å². The van der Waals surface area contributed by atoms with Gasteiger partial charge in [-0.15, -0.1) is 0 Å². The SMILES string of the molecule is COc1ccc(N2CCC(NC(=O)Cn3c(CSC)nc4ccccc43)CC2)cc1. The minimum Gasteiger partial charge on any atom is -0.497 e. The Morgan fingerprint density at radius 2 is 1.90 bits per heavy atom. The van der Waals surface area contributed by atoms with Crippen LogP contribution in [0.3, 0.4) is 0 Å². The summed E-state index contributed by atoms with van der Waals surface area (Å²) in [4.78, 5) is 19.9. The molecule has 1 aliphatic rings. The molecule has 4 rings (SSSR count). The molecule has 0 aliphatic carbocycles. The standard InChI is InChI=1S/C23H28N4O2S/c1-29-19-9-7-18(8-10-19)26-13-11-17(12-14-26)24-23(28)15-27-21-6-4-3-5-20(21)25-22(27)16-30-2/h3-10,17H,11-16H2,1-2H3,(H,24,28). The van der Waals surface area contributed by atoms with Gasteiger partial charge < -0.3 is 19.5 Å². The lowest BCUT2D eigenvalue weighted by Crippen LogP contribution is -2.45. The molecular formula is C23H28N4O2S. The van der Waals surface area contributed by atoms with Gasteiger partial charge in [0.05, 0.1) is 23.9 Å². The van der Waals surface area contributed by atoms with Crippen molar-refractivity contribution in [1.82, 2.24) is 14.9 Å². The predicted molar refractivity (Wildman–Crippen MR) is 123 cm³/mol. The zero-order valence-corrected chi connectivity index (χ0v) is 18.3. The van der Waals surface area contributed by atoms with Crippen molar-refractivity contribution in [2.45, 2.75) is 31.2 Å². The third kappa shape index (κ3) is 4.56. The number of aromatic nitrogens is 2. The number of thioether (sulfide) groups is 1. The number of hydrogen-bond acceptors (Lipinski definition) is 5. The van der Waals surface area contributed by atoms with E-state index < -0.39 is 0 Å². The Kier molecular flexibility index (Phi) is 6.47. The van der Waals surface area contributed by atoms with E-state index in [1.54, 1.807) is 18.9 Å². The van der Waals surface area contributed by atoms with Crippen LogP contribution in [0.15, 0.2) is 48.5 Å². The summed E-state index contributed by atoms with van der Waals surface area (Å²) in [6.07, 6.45) is 3.95. The lowest BCUT2D eigenvalue weighted by molar-refractivity contribution is -0.122. The Balaban J connectivity index is 1.35. The molecule has 1 saturated heterocycles. The molecule has 0 atom stereocenters. The van der Waals surface area contributed by atoms with Crippen LogP contribution in [0.4, 0.5) is 5.69 Å². The van der Waals surface area contributed by atoms with Crippen molar-refractivity contribution in [3.8, 4) is 5.75 Å². The largest absolute Gasteiger partial charge is 0.497 e. The maximum absolute atomic E-state index is 12.8. The molecule has 1 aromatic heterocycles. The Hall–Kier alpha value is -2.67. The van der Waals surface area contributed by atoms with E-state index in [2.05, 4.69) is 28.6 Å². The lowest BCUT2D eigenvalue weighted by atomic mass is 10.0. The van der Waals surface area contributed by atoms with Crippen LogP contribution in [0.25, 0.3) is 11.0 Å². The van der Waals surface area contributed by atoms with Crippen LogP contribution in [0.1, 0.15) is 18.7 Å². The van der Waals surface area contributed by atoms with Crippen LogP contribution in [-0.4, -0.2) is 48.0 Å². The van der Waals surface area contributed by atoms with E-state index in [1.165, 1.54) is 5.69 Å². The highest BCUT2D eigenvalue weighted by molar-refractivity contribution is 7.97. The van der Waals surface area contributed by atoms with Gasteiger partial charge in [-0.2, -0.15) is 11.8 Å². The van der Waals surface area contributed by atoms with Crippen molar-refractivity contribution in [2.75, 3.05) is 31.4 Å². The quantitative estimate of drug-likeness (QED) is 0.627. The van der Waals surface area contributed by atoms with Gasteiger partial charge in [0.2, 0.25) is 5.91 Å². The second kappa shape index (κ2) is 9.43. The third-order valence-corrected chi connectivity index (χ3v) is 6.15. The van der Waals surface area contributed by atoms with E-state index in [1.807, 2.05) is 41.0 Å². The number of fused-ring (bicyclic) bond motifs is 1. The van der Waals surface area contributed by atoms with Gasteiger partial charge in [0.25, 0.3) is 0 Å². The number of hydrogen-bond donors (Lipinski definition) is 1. The Labute approximate surface area is 181 Å². The second-order valence-corrected chi connectivity index (χ2v) is 8.43. The Morgan fingerprint density at radius 1 is 1.17 bits per heavy atom. The maximum atomic E-state index is 12.8. The number of carbonyl (C=O) groups excluding carboxylic acids is 1. The van der Waals surface area contributed by atoms with Gasteiger partial charge in [-0.05, 0) is 55.5 Å². The molecule has 1 aliphatic heterocycles. The summed E-state index contributed by atoms with van der Waals surface area (Å²) in [5, 5.41) is 3.24. The molecule has 30 heavy (non-hydrogen) atoms. The minimum absolute atomic E-state index is 0.0587. The van der Waals surface area contributed by atoms with Crippen LogP contribution in [0, 0.1) is 0 Å². The highest BCUT2D eigenvalue weighted by atomic mass is 32.2. The number of methoxy groups -OCH3 is 1. The molecule has 0 spiro atoms. The van der Waals surface area contributed by atoms with E-state index in [0.717, 1.165) is 54.3 Å². The molecule has 158 valence electrons. The molecule has 3 aromatic rings. The van der Waals surface area contributed by atoms with Crippen molar-refractivity contribution in [3.63, 3.8) is 0 Å². The number of ether oxygens (including phenoxy) is 1. The van der Waals surface area contributed by atoms with Crippen LogP contribution in [0.2, 0.25) is 0 Å². The molecule has 1 amide bonds. The van der Waals surface area contributed by atoms with Gasteiger partial charge in [-0.3, -0.25) is 4.79 Å². The second-order valence-electron chi connectivity index (χ2n) is 7.56. The zero-order chi connectivity index (χ0) is 20.9. The van der Waals surface area contributed by atoms with Crippen molar-refractivity contribution in [2.24, 2.45) is 0 Å². The fourth-order valence-electron chi connectivity index (χ4n) is 4.03. The minimum atomic E-state index is 0.0587. The normalized spacial score (nSPS) is 14.8. The number of carbonyl (C=O) groups is 1. The van der Waals surface area contributed by atoms with Crippen molar-refractivity contribution < 1.29 is 9.53 Å². The summed E-state index contributed by atoms with van der Waals surface area (Å²) >= 11 is 1.72. The molecule has 2 aromatic carbocycles. The van der Waals surface area contributed by atoms with E-state index in [-0.39, 0.29) is 11.9 Å². The van der Waals surface area contributed by atoms with E-state index in [9.17, 15) is 4.79 Å². The van der Waals surface area contributed by atoms with Crippen LogP contribution in [-0.2, 0) is 17.1 Å². The molecule has 0 saturated carbocycles. The number of nitrogens with zero attached hydrogens (tertiary/aromatic N) is 3. The van der Waals surface area contributed by atoms with E-state index in [4.69, 9.17) is 9.72 Å². The molecule has 0 bridgehead atoms. The van der Waals surface area contributed by atoms with Gasteiger partial charge in [-0.25, -0.2) is 4.98 Å². The number of amides is 1. The van der Waals surface area contributed by atoms with Gasteiger partial charge >= 0.3 is 0 Å². The number of anilines is 1. The van der Waals surface area contributed by atoms with Gasteiger partial charge in [0.1, 0.15) is 18.1 Å². The number of imidazole rings is 1. The summed E-state index contributed by atoms with van der Waals surface area (Å²) in [6.45, 7) is 2.18. The summed E-state index contributed by atoms with van der Waals surface area (Å²) in [5.74, 6) is 2.67. The Bertz CT molecular complexity index is 994. The molecule has 0 radical (unpaired) electrons. The molecule has 2 heterocycles. The molecule has 6 nitrogen and oxygen atoms in total. The summed E-state index contributed by atoms with van der Waals surface area (Å²) in [7, 11) is 1.68. The topological polar surface area (TPSA) is 59.4 Å². The fourth-order valence-corrected chi connectivity index (χ4v) is 4.51. The number of para-hydroxylation sites is 2. The van der Waals surface area contributed by atoms with Crippen molar-refractivity contribution in [1.29, 1.82) is 0 Å². The van der Waals surface area contributed by atoms with E-state index >= 15 is 0 Å². The third-order valence-electron chi connectivity index (χ3n) is 5.61. The van der Waals surface area contributed by atoms with Gasteiger partial charge in [0.15, 0.2) is 0 Å². The first-order chi connectivity index (χ1) is 14.7.